The Labute approximate surface area is 142 Å². The molecule has 22 heavy (non-hydrogen) atoms. The molecule has 0 saturated heterocycles. The summed E-state index contributed by atoms with van der Waals surface area (Å²) in [4.78, 5) is 4.56. The highest BCUT2D eigenvalue weighted by Gasteiger charge is 2.11. The summed E-state index contributed by atoms with van der Waals surface area (Å²) in [5, 5.41) is 5.26. The lowest BCUT2D eigenvalue weighted by molar-refractivity contribution is 0.445. The maximum Gasteiger partial charge on any atom is 0.224 e. The van der Waals surface area contributed by atoms with Gasteiger partial charge in [-0.15, -0.1) is 0 Å². The fraction of sp³-hybridized carbons (Fsp3) is 0.200. The number of benzene rings is 1. The Morgan fingerprint density at radius 2 is 2.09 bits per heavy atom. The number of hydrogen-bond donors (Lipinski definition) is 0. The van der Waals surface area contributed by atoms with E-state index in [1.165, 1.54) is 0 Å². The van der Waals surface area contributed by atoms with E-state index in [4.69, 9.17) is 27.9 Å². The molecule has 3 rings (SSSR count). The summed E-state index contributed by atoms with van der Waals surface area (Å²) >= 11 is 13.9. The van der Waals surface area contributed by atoms with Crippen molar-refractivity contribution >= 4 is 40.6 Å². The third-order valence-electron chi connectivity index (χ3n) is 2.94. The molecule has 0 aliphatic rings. The molecule has 0 aliphatic heterocycles. The van der Waals surface area contributed by atoms with Crippen LogP contribution in [0.25, 0.3) is 5.65 Å². The van der Waals surface area contributed by atoms with Crippen LogP contribution in [-0.4, -0.2) is 20.4 Å². The highest BCUT2D eigenvalue weighted by Crippen LogP contribution is 2.32. The van der Waals surface area contributed by atoms with Crippen molar-refractivity contribution in [2.45, 2.75) is 12.7 Å². The Hall–Kier alpha value is -1.43. The largest absolute Gasteiger partial charge is 0.437 e. The molecule has 2 heterocycles. The van der Waals surface area contributed by atoms with Crippen molar-refractivity contribution < 1.29 is 4.74 Å². The molecule has 114 valence electrons. The molecule has 0 fully saturated rings. The maximum atomic E-state index is 6.17. The lowest BCUT2D eigenvalue weighted by Gasteiger charge is -2.10. The fourth-order valence-corrected chi connectivity index (χ4v) is 2.97. The average Bonchev–Trinajstić information content (AvgIpc) is 2.96. The molecule has 0 unspecified atom stereocenters. The quantitative estimate of drug-likeness (QED) is 0.640. The molecular formula is C15H13Cl2N3OS. The van der Waals surface area contributed by atoms with Gasteiger partial charge in [-0.05, 0) is 24.0 Å². The van der Waals surface area contributed by atoms with Gasteiger partial charge in [0.05, 0.1) is 16.9 Å². The van der Waals surface area contributed by atoms with E-state index in [1.54, 1.807) is 40.7 Å². The topological polar surface area (TPSA) is 39.4 Å². The first kappa shape index (κ1) is 15.5. The lowest BCUT2D eigenvalue weighted by Crippen LogP contribution is -2.00. The highest BCUT2D eigenvalue weighted by molar-refractivity contribution is 7.98. The molecule has 1 aromatic carbocycles. The van der Waals surface area contributed by atoms with Gasteiger partial charge >= 0.3 is 0 Å². The van der Waals surface area contributed by atoms with Crippen molar-refractivity contribution in [3.05, 3.63) is 52.3 Å². The van der Waals surface area contributed by atoms with Crippen LogP contribution in [0.15, 0.2) is 36.5 Å². The zero-order valence-corrected chi connectivity index (χ0v) is 14.1. The van der Waals surface area contributed by atoms with E-state index >= 15 is 0 Å². The summed E-state index contributed by atoms with van der Waals surface area (Å²) in [6, 6.07) is 8.84. The van der Waals surface area contributed by atoms with Crippen LogP contribution in [0, 0.1) is 0 Å². The van der Waals surface area contributed by atoms with Gasteiger partial charge in [-0.2, -0.15) is 21.4 Å². The van der Waals surface area contributed by atoms with E-state index in [1.807, 2.05) is 12.1 Å². The van der Waals surface area contributed by atoms with Gasteiger partial charge in [-0.25, -0.2) is 4.98 Å². The van der Waals surface area contributed by atoms with Crippen LogP contribution in [0.3, 0.4) is 0 Å². The predicted octanol–water partition coefficient (Wildman–Crippen LogP) is 5.08. The second-order valence-corrected chi connectivity index (χ2v) is 6.62. The second kappa shape index (κ2) is 6.77. The zero-order valence-electron chi connectivity index (χ0n) is 11.8. The second-order valence-electron chi connectivity index (χ2n) is 4.50. The van der Waals surface area contributed by atoms with Crippen LogP contribution in [0.4, 0.5) is 0 Å². The van der Waals surface area contributed by atoms with Crippen LogP contribution in [-0.2, 0) is 5.75 Å². The van der Waals surface area contributed by atoms with E-state index in [-0.39, 0.29) is 0 Å². The van der Waals surface area contributed by atoms with Crippen molar-refractivity contribution in [1.29, 1.82) is 0 Å². The molecule has 0 bridgehead atoms. The Morgan fingerprint density at radius 1 is 1.23 bits per heavy atom. The summed E-state index contributed by atoms with van der Waals surface area (Å²) < 4.78 is 7.56. The molecule has 0 saturated carbocycles. The standard InChI is InChI=1S/C15H13Cl2N3OS/c1-2-22-9-11-8-15(20-14(19-11)5-6-18-20)21-13-4-3-10(16)7-12(13)17/h3-8H,2,9H2,1H3. The van der Waals surface area contributed by atoms with Crippen molar-refractivity contribution in [2.24, 2.45) is 0 Å². The first-order chi connectivity index (χ1) is 10.7. The molecule has 3 aromatic rings. The molecule has 0 spiro atoms. The molecule has 0 amide bonds. The highest BCUT2D eigenvalue weighted by atomic mass is 35.5. The van der Waals surface area contributed by atoms with Crippen LogP contribution >= 0.6 is 35.0 Å². The number of aromatic nitrogens is 3. The number of fused-ring (bicyclic) bond motifs is 1. The van der Waals surface area contributed by atoms with Crippen LogP contribution in [0.5, 0.6) is 11.6 Å². The maximum absolute atomic E-state index is 6.17. The Bertz CT molecular complexity index is 807. The average molecular weight is 354 g/mol. The number of hydrogen-bond acceptors (Lipinski definition) is 4. The number of rotatable bonds is 5. The van der Waals surface area contributed by atoms with Gasteiger partial charge in [0.25, 0.3) is 0 Å². The van der Waals surface area contributed by atoms with Crippen molar-refractivity contribution in [1.82, 2.24) is 14.6 Å². The van der Waals surface area contributed by atoms with E-state index in [9.17, 15) is 0 Å². The van der Waals surface area contributed by atoms with Gasteiger partial charge in [0.2, 0.25) is 5.88 Å². The molecule has 0 radical (unpaired) electrons. The SMILES string of the molecule is CCSCc1cc(Oc2ccc(Cl)cc2Cl)n2nccc2n1. The first-order valence-corrected chi connectivity index (χ1v) is 8.62. The van der Waals surface area contributed by atoms with E-state index in [2.05, 4.69) is 17.0 Å². The summed E-state index contributed by atoms with van der Waals surface area (Å²) in [6.45, 7) is 2.12. The fourth-order valence-electron chi connectivity index (χ4n) is 1.96. The molecule has 0 atom stereocenters. The Kier molecular flexibility index (Phi) is 4.76. The van der Waals surface area contributed by atoms with Crippen molar-refractivity contribution in [2.75, 3.05) is 5.75 Å². The Morgan fingerprint density at radius 3 is 2.86 bits per heavy atom. The van der Waals surface area contributed by atoms with Crippen molar-refractivity contribution in [3.8, 4) is 11.6 Å². The van der Waals surface area contributed by atoms with E-state index in [0.717, 1.165) is 22.8 Å². The van der Waals surface area contributed by atoms with Crippen LogP contribution in [0.1, 0.15) is 12.6 Å². The normalized spacial score (nSPS) is 11.0. The minimum Gasteiger partial charge on any atom is -0.437 e. The smallest absolute Gasteiger partial charge is 0.224 e. The summed E-state index contributed by atoms with van der Waals surface area (Å²) in [6.07, 6.45) is 1.69. The third-order valence-corrected chi connectivity index (χ3v) is 4.38. The number of halogens is 2. The third kappa shape index (κ3) is 3.32. The molecule has 0 aliphatic carbocycles. The minimum absolute atomic E-state index is 0.453. The van der Waals surface area contributed by atoms with Crippen LogP contribution < -0.4 is 4.74 Å². The Balaban J connectivity index is 1.99. The summed E-state index contributed by atoms with van der Waals surface area (Å²) in [5.41, 5.74) is 1.69. The monoisotopic (exact) mass is 353 g/mol. The van der Waals surface area contributed by atoms with Gasteiger partial charge in [-0.1, -0.05) is 30.1 Å². The molecule has 0 N–H and O–H groups in total. The number of ether oxygens (including phenoxy) is 1. The predicted molar refractivity (Wildman–Crippen MR) is 91.4 cm³/mol. The number of thioether (sulfide) groups is 1. The summed E-state index contributed by atoms with van der Waals surface area (Å²) in [7, 11) is 0. The zero-order chi connectivity index (χ0) is 15.5. The van der Waals surface area contributed by atoms with Crippen LogP contribution in [0.2, 0.25) is 10.0 Å². The lowest BCUT2D eigenvalue weighted by atomic mass is 10.3. The van der Waals surface area contributed by atoms with Gasteiger partial charge in [-0.3, -0.25) is 0 Å². The molecular weight excluding hydrogens is 341 g/mol. The molecule has 4 nitrogen and oxygen atoms in total. The van der Waals surface area contributed by atoms with Gasteiger partial charge in [0, 0.05) is 22.9 Å². The van der Waals surface area contributed by atoms with E-state index < -0.39 is 0 Å². The van der Waals surface area contributed by atoms with Gasteiger partial charge in [0.15, 0.2) is 5.65 Å². The number of nitrogens with zero attached hydrogens (tertiary/aromatic N) is 3. The summed E-state index contributed by atoms with van der Waals surface area (Å²) in [5.74, 6) is 2.96. The van der Waals surface area contributed by atoms with E-state index in [0.29, 0.717) is 21.7 Å². The van der Waals surface area contributed by atoms with Crippen molar-refractivity contribution in [3.63, 3.8) is 0 Å². The van der Waals surface area contributed by atoms with Gasteiger partial charge < -0.3 is 4.74 Å². The molecule has 2 aromatic heterocycles. The molecule has 7 heteroatoms. The first-order valence-electron chi connectivity index (χ1n) is 6.71. The minimum atomic E-state index is 0.453. The van der Waals surface area contributed by atoms with Gasteiger partial charge in [0.1, 0.15) is 5.75 Å².